The fraction of sp³-hybridized carbons (Fsp3) is 0.308. The Balaban J connectivity index is 1.82. The van der Waals surface area contributed by atoms with E-state index >= 15 is 0 Å². The summed E-state index contributed by atoms with van der Waals surface area (Å²) >= 11 is 6.97. The lowest BCUT2D eigenvalue weighted by atomic mass is 10.0. The van der Waals surface area contributed by atoms with Crippen LogP contribution < -0.4 is 5.73 Å². The molecule has 0 fully saturated rings. The largest absolute Gasteiger partial charge is 0.382 e. The Morgan fingerprint density at radius 1 is 1.14 bits per heavy atom. The molecule has 0 spiro atoms. The zero-order valence-electron chi connectivity index (χ0n) is 21.5. The summed E-state index contributed by atoms with van der Waals surface area (Å²) in [6, 6.07) is 7.23. The number of nitrogens with zero attached hydrogens (tertiary/aromatic N) is 5. The van der Waals surface area contributed by atoms with Crippen LogP contribution in [0.25, 0.3) is 33.4 Å². The maximum absolute atomic E-state index is 13.7. The molecule has 11 heteroatoms. The summed E-state index contributed by atoms with van der Waals surface area (Å²) in [4.78, 5) is 27.2. The van der Waals surface area contributed by atoms with Crippen molar-refractivity contribution in [3.05, 3.63) is 59.4 Å². The number of fused-ring (bicyclic) bond motifs is 1. The molecule has 0 bridgehead atoms. The molecule has 0 aliphatic rings. The molecule has 3 aromatic heterocycles. The third-order valence-corrected chi connectivity index (χ3v) is 7.99. The first kappa shape index (κ1) is 26.7. The van der Waals surface area contributed by atoms with E-state index in [2.05, 4.69) is 34.6 Å². The van der Waals surface area contributed by atoms with E-state index in [1.165, 1.54) is 23.2 Å². The molecule has 1 aromatic carbocycles. The summed E-state index contributed by atoms with van der Waals surface area (Å²) in [5, 5.41) is 1.05. The van der Waals surface area contributed by atoms with Gasteiger partial charge in [-0.3, -0.25) is 4.79 Å². The van der Waals surface area contributed by atoms with Crippen LogP contribution in [-0.2, 0) is 11.5 Å². The number of nitrogens with two attached hydrogens (primary N) is 1. The number of amides is 1. The van der Waals surface area contributed by atoms with Crippen LogP contribution in [0, 0.1) is 5.82 Å². The Bertz CT molecular complexity index is 1450. The SMILES string of the molecule is CN(C)C(=O)c1nc(-c2cnc3c(c(-c4ccc(F)cc4)cn3COCC[Si](C)(C)C)c2Cl)cnc1N. The van der Waals surface area contributed by atoms with Gasteiger partial charge in [-0.1, -0.05) is 43.4 Å². The number of aromatic nitrogens is 4. The number of anilines is 1. The molecule has 0 aliphatic carbocycles. The molecule has 8 nitrogen and oxygen atoms in total. The molecule has 0 atom stereocenters. The molecule has 2 N–H and O–H groups in total. The number of pyridine rings is 1. The Kier molecular flexibility index (Phi) is 7.63. The van der Waals surface area contributed by atoms with Gasteiger partial charge in [-0.25, -0.2) is 19.3 Å². The molecule has 0 aliphatic heterocycles. The van der Waals surface area contributed by atoms with E-state index in [1.807, 2.05) is 10.8 Å². The summed E-state index contributed by atoms with van der Waals surface area (Å²) in [6.45, 7) is 7.85. The molecule has 0 saturated carbocycles. The summed E-state index contributed by atoms with van der Waals surface area (Å²) in [5.41, 5.74) is 8.98. The molecular formula is C26H30ClFN6O2Si. The van der Waals surface area contributed by atoms with Crippen LogP contribution in [-0.4, -0.2) is 59.1 Å². The van der Waals surface area contributed by atoms with Gasteiger partial charge in [0.05, 0.1) is 16.9 Å². The van der Waals surface area contributed by atoms with E-state index < -0.39 is 8.07 Å². The van der Waals surface area contributed by atoms with Crippen LogP contribution >= 0.6 is 11.6 Å². The molecule has 37 heavy (non-hydrogen) atoms. The number of carbonyl (C=O) groups is 1. The number of hydrogen-bond donors (Lipinski definition) is 1. The van der Waals surface area contributed by atoms with Gasteiger partial charge in [0.15, 0.2) is 11.5 Å². The topological polar surface area (TPSA) is 99.2 Å². The maximum Gasteiger partial charge on any atom is 0.275 e. The minimum Gasteiger partial charge on any atom is -0.382 e. The van der Waals surface area contributed by atoms with Crippen molar-refractivity contribution in [1.29, 1.82) is 0 Å². The number of rotatable bonds is 8. The summed E-state index contributed by atoms with van der Waals surface area (Å²) in [7, 11) is 1.99. The summed E-state index contributed by atoms with van der Waals surface area (Å²) in [6.07, 6.45) is 4.97. The molecule has 0 saturated heterocycles. The number of benzene rings is 1. The van der Waals surface area contributed by atoms with Gasteiger partial charge >= 0.3 is 0 Å². The molecule has 3 heterocycles. The van der Waals surface area contributed by atoms with Gasteiger partial charge in [-0.2, -0.15) is 0 Å². The Morgan fingerprint density at radius 3 is 2.49 bits per heavy atom. The van der Waals surface area contributed by atoms with Gasteiger partial charge in [-0.15, -0.1) is 0 Å². The van der Waals surface area contributed by atoms with E-state index in [9.17, 15) is 9.18 Å². The zero-order valence-corrected chi connectivity index (χ0v) is 23.3. The van der Waals surface area contributed by atoms with Crippen molar-refractivity contribution in [2.24, 2.45) is 0 Å². The van der Waals surface area contributed by atoms with Gasteiger partial charge in [0.25, 0.3) is 5.91 Å². The van der Waals surface area contributed by atoms with Crippen molar-refractivity contribution in [1.82, 2.24) is 24.4 Å². The van der Waals surface area contributed by atoms with Crippen molar-refractivity contribution in [2.75, 3.05) is 26.4 Å². The molecule has 4 rings (SSSR count). The Labute approximate surface area is 221 Å². The Hall–Kier alpha value is -3.34. The highest BCUT2D eigenvalue weighted by Gasteiger charge is 2.22. The van der Waals surface area contributed by atoms with E-state index in [0.29, 0.717) is 40.7 Å². The van der Waals surface area contributed by atoms with Gasteiger partial charge in [0.2, 0.25) is 0 Å². The zero-order chi connectivity index (χ0) is 26.9. The van der Waals surface area contributed by atoms with Crippen LogP contribution in [0.3, 0.4) is 0 Å². The Morgan fingerprint density at radius 2 is 1.84 bits per heavy atom. The predicted octanol–water partition coefficient (Wildman–Crippen LogP) is 5.55. The summed E-state index contributed by atoms with van der Waals surface area (Å²) in [5.74, 6) is -0.672. The van der Waals surface area contributed by atoms with Gasteiger partial charge < -0.3 is 19.9 Å². The fourth-order valence-corrected chi connectivity index (χ4v) is 4.87. The maximum atomic E-state index is 13.7. The van der Waals surface area contributed by atoms with Crippen LogP contribution in [0.1, 0.15) is 10.5 Å². The molecule has 0 unspecified atom stereocenters. The minimum atomic E-state index is -1.24. The number of ether oxygens (including phenoxy) is 1. The van der Waals surface area contributed by atoms with Crippen LogP contribution in [0.15, 0.2) is 42.9 Å². The molecule has 1 amide bonds. The van der Waals surface area contributed by atoms with Gasteiger partial charge in [0.1, 0.15) is 18.2 Å². The first-order chi connectivity index (χ1) is 17.5. The third-order valence-electron chi connectivity index (χ3n) is 5.89. The van der Waals surface area contributed by atoms with Crippen molar-refractivity contribution in [2.45, 2.75) is 32.4 Å². The highest BCUT2D eigenvalue weighted by atomic mass is 35.5. The van der Waals surface area contributed by atoms with Gasteiger partial charge in [-0.05, 0) is 23.7 Å². The lowest BCUT2D eigenvalue weighted by molar-refractivity contribution is 0.0822. The molecule has 4 aromatic rings. The second-order valence-electron chi connectivity index (χ2n) is 10.2. The van der Waals surface area contributed by atoms with Crippen LogP contribution in [0.4, 0.5) is 10.2 Å². The van der Waals surface area contributed by atoms with Gasteiger partial charge in [0, 0.05) is 57.7 Å². The monoisotopic (exact) mass is 540 g/mol. The van der Waals surface area contributed by atoms with Crippen LogP contribution in [0.2, 0.25) is 30.7 Å². The number of nitrogen functional groups attached to an aromatic ring is 1. The number of carbonyl (C=O) groups excluding carboxylic acids is 1. The molecular weight excluding hydrogens is 511 g/mol. The number of hydrogen-bond acceptors (Lipinski definition) is 6. The smallest absolute Gasteiger partial charge is 0.275 e. The fourth-order valence-electron chi connectivity index (χ4n) is 3.78. The van der Waals surface area contributed by atoms with E-state index in [-0.39, 0.29) is 23.2 Å². The highest BCUT2D eigenvalue weighted by molar-refractivity contribution is 6.76. The lowest BCUT2D eigenvalue weighted by Gasteiger charge is -2.15. The number of halogens is 2. The summed E-state index contributed by atoms with van der Waals surface area (Å²) < 4.78 is 21.5. The molecule has 0 radical (unpaired) electrons. The van der Waals surface area contributed by atoms with Crippen molar-refractivity contribution in [3.63, 3.8) is 0 Å². The quantitative estimate of drug-likeness (QED) is 0.232. The predicted molar refractivity (Wildman–Crippen MR) is 148 cm³/mol. The van der Waals surface area contributed by atoms with Crippen LogP contribution in [0.5, 0.6) is 0 Å². The normalized spacial score (nSPS) is 11.8. The first-order valence-corrected chi connectivity index (χ1v) is 15.9. The average molecular weight is 541 g/mol. The second kappa shape index (κ2) is 10.6. The lowest BCUT2D eigenvalue weighted by Crippen LogP contribution is -2.24. The van der Waals surface area contributed by atoms with E-state index in [1.54, 1.807) is 32.4 Å². The van der Waals surface area contributed by atoms with E-state index in [0.717, 1.165) is 17.2 Å². The highest BCUT2D eigenvalue weighted by Crippen LogP contribution is 2.39. The minimum absolute atomic E-state index is 0.0289. The van der Waals surface area contributed by atoms with E-state index in [4.69, 9.17) is 22.1 Å². The van der Waals surface area contributed by atoms with Crippen molar-refractivity contribution in [3.8, 4) is 22.4 Å². The second-order valence-corrected chi connectivity index (χ2v) is 16.2. The third kappa shape index (κ3) is 5.81. The van der Waals surface area contributed by atoms with Crippen molar-refractivity contribution < 1.29 is 13.9 Å². The average Bonchev–Trinajstić information content (AvgIpc) is 3.21. The molecule has 194 valence electrons. The first-order valence-electron chi connectivity index (χ1n) is 11.8. The van der Waals surface area contributed by atoms with Crippen molar-refractivity contribution >= 4 is 42.4 Å². The standard InChI is InChI=1S/C26H30ClFN6O2Si/c1-33(2)26(35)23-24(29)30-13-20(32-23)18-12-31-25-21(22(18)27)19(16-6-8-17(28)9-7-16)14-34(25)15-36-10-11-37(3,4)5/h6-9,12-14H,10-11,15H2,1-5H3,(H2,29,30).